The minimum Gasteiger partial charge on any atom is -0.494 e. The molecule has 3 saturated heterocycles. The normalized spacial score (nSPS) is 26.1. The molecule has 0 saturated carbocycles. The first-order valence-electron chi connectivity index (χ1n) is 16.2. The molecular weight excluding hydrogens is 622 g/mol. The van der Waals surface area contributed by atoms with Gasteiger partial charge in [-0.15, -0.1) is 24.9 Å². The maximum Gasteiger partial charge on any atom is 0.251 e. The molecule has 46 heavy (non-hydrogen) atoms. The van der Waals surface area contributed by atoms with Gasteiger partial charge in [-0.3, -0.25) is 14.4 Å². The number of amides is 3. The number of carbonyl (C=O) groups excluding carboxylic acids is 3. The highest BCUT2D eigenvalue weighted by Gasteiger charge is 2.76. The van der Waals surface area contributed by atoms with Crippen molar-refractivity contribution >= 4 is 52.5 Å². The number of nitrogens with zero attached hydrogens (tertiary/aromatic N) is 3. The lowest BCUT2D eigenvalue weighted by Gasteiger charge is -2.41. The minimum atomic E-state index is -0.782. The number of hydrogen-bond donors (Lipinski definition) is 1. The van der Waals surface area contributed by atoms with Gasteiger partial charge in [0.2, 0.25) is 11.8 Å². The minimum absolute atomic E-state index is 0.0204. The van der Waals surface area contributed by atoms with Gasteiger partial charge in [0, 0.05) is 37.2 Å². The summed E-state index contributed by atoms with van der Waals surface area (Å²) < 4.78 is 4.83. The predicted octanol–water partition coefficient (Wildman–Crippen LogP) is 5.98. The molecule has 0 aromatic heterocycles. The number of rotatable bonds is 15. The predicted molar refractivity (Wildman–Crippen MR) is 185 cm³/mol. The van der Waals surface area contributed by atoms with Crippen LogP contribution >= 0.6 is 23.4 Å². The Morgan fingerprint density at radius 2 is 1.76 bits per heavy atom. The zero-order valence-corrected chi connectivity index (χ0v) is 28.2. The molecule has 1 N–H and O–H groups in total. The summed E-state index contributed by atoms with van der Waals surface area (Å²) in [6, 6.07) is 13.8. The summed E-state index contributed by atoms with van der Waals surface area (Å²) in [6.45, 7) is 13.3. The highest BCUT2D eigenvalue weighted by atomic mass is 35.5. The molecule has 2 bridgehead atoms. The van der Waals surface area contributed by atoms with Crippen LogP contribution in [0, 0.1) is 17.8 Å². The summed E-state index contributed by atoms with van der Waals surface area (Å²) in [5.41, 5.74) is 1.27. The van der Waals surface area contributed by atoms with E-state index in [1.54, 1.807) is 50.7 Å². The molecule has 8 nitrogen and oxygen atoms in total. The van der Waals surface area contributed by atoms with Crippen molar-refractivity contribution in [2.45, 2.75) is 55.6 Å². The average Bonchev–Trinajstić information content (AvgIpc) is 3.64. The number of benzene rings is 2. The van der Waals surface area contributed by atoms with E-state index in [-0.39, 0.29) is 48.6 Å². The fourth-order valence-electron chi connectivity index (χ4n) is 7.67. The van der Waals surface area contributed by atoms with Gasteiger partial charge < -0.3 is 24.5 Å². The van der Waals surface area contributed by atoms with E-state index in [1.807, 2.05) is 43.3 Å². The molecule has 5 rings (SSSR count). The maximum atomic E-state index is 14.9. The van der Waals surface area contributed by atoms with Gasteiger partial charge in [-0.1, -0.05) is 42.8 Å². The molecule has 6 atom stereocenters. The first kappa shape index (κ1) is 34.1. The number of para-hydroxylation sites is 1. The van der Waals surface area contributed by atoms with E-state index in [0.717, 1.165) is 12.8 Å². The van der Waals surface area contributed by atoms with Crippen LogP contribution in [0.4, 0.5) is 11.4 Å². The number of hydrogen-bond acceptors (Lipinski definition) is 6. The van der Waals surface area contributed by atoms with Gasteiger partial charge in [-0.05, 0) is 74.9 Å². The average molecular weight is 666 g/mol. The largest absolute Gasteiger partial charge is 0.494 e. The number of carbonyl (C=O) groups is 3. The second-order valence-corrected chi connectivity index (χ2v) is 14.2. The quantitative estimate of drug-likeness (QED) is 0.186. The van der Waals surface area contributed by atoms with Crippen molar-refractivity contribution in [3.8, 4) is 5.75 Å². The number of aliphatic hydroxyl groups excluding tert-OH is 1. The number of unbranched alkanes of at least 4 members (excludes halogenated alkanes) is 2. The molecule has 0 aliphatic carbocycles. The number of halogens is 1. The van der Waals surface area contributed by atoms with Gasteiger partial charge in [0.1, 0.15) is 11.8 Å². The summed E-state index contributed by atoms with van der Waals surface area (Å²) in [5.74, 6) is -1.00. The van der Waals surface area contributed by atoms with Crippen LogP contribution in [0.1, 0.15) is 39.5 Å². The first-order chi connectivity index (χ1) is 22.2. The fourth-order valence-corrected chi connectivity index (χ4v) is 10.3. The third kappa shape index (κ3) is 5.98. The van der Waals surface area contributed by atoms with Crippen LogP contribution in [-0.2, 0) is 14.4 Å². The molecule has 3 fully saturated rings. The van der Waals surface area contributed by atoms with Crippen LogP contribution in [0.3, 0.4) is 0 Å². The molecular formula is C36H44ClN3O5S. The molecule has 3 aliphatic rings. The Hall–Kier alpha value is -3.27. The number of aliphatic hydroxyl groups is 1. The van der Waals surface area contributed by atoms with E-state index in [9.17, 15) is 19.5 Å². The maximum absolute atomic E-state index is 14.9. The van der Waals surface area contributed by atoms with Crippen molar-refractivity contribution in [3.05, 3.63) is 78.9 Å². The molecule has 3 amide bonds. The standard InChI is InChI=1S/C36H44ClN3O5S/c1-5-19-38(25-15-17-26(18-16-25)45-7-3)33(42)30-29-23-24(4)36(46-29)31(30)34(43)40(21-11-8-12-22-41)32(36)35(44)39(20-6-2)28-14-10-9-13-27(28)37/h5-6,9-10,13-18,24,29-32,41H,1-2,7-8,11-12,19-23H2,3-4H3/t24?,29-,30+,31+,32?,36?/m1/s1. The zero-order valence-electron chi connectivity index (χ0n) is 26.6. The number of anilines is 2. The lowest BCUT2D eigenvalue weighted by Crippen LogP contribution is -2.57. The van der Waals surface area contributed by atoms with Crippen LogP contribution < -0.4 is 14.5 Å². The summed E-state index contributed by atoms with van der Waals surface area (Å²) in [5, 5.41) is 9.72. The molecule has 1 spiro atoms. The summed E-state index contributed by atoms with van der Waals surface area (Å²) >= 11 is 8.27. The van der Waals surface area contributed by atoms with Crippen LogP contribution in [0.2, 0.25) is 5.02 Å². The molecule has 3 unspecified atom stereocenters. The number of thioether (sulfide) groups is 1. The van der Waals surface area contributed by atoms with Crippen molar-refractivity contribution < 1.29 is 24.2 Å². The van der Waals surface area contributed by atoms with Crippen molar-refractivity contribution in [1.29, 1.82) is 0 Å². The Morgan fingerprint density at radius 3 is 2.41 bits per heavy atom. The van der Waals surface area contributed by atoms with Crippen molar-refractivity contribution in [1.82, 2.24) is 4.90 Å². The molecule has 246 valence electrons. The van der Waals surface area contributed by atoms with Gasteiger partial charge >= 0.3 is 0 Å². The number of ether oxygens (including phenoxy) is 1. The van der Waals surface area contributed by atoms with Gasteiger partial charge in [-0.2, -0.15) is 0 Å². The van der Waals surface area contributed by atoms with Crippen LogP contribution in [0.5, 0.6) is 5.75 Å². The van der Waals surface area contributed by atoms with Crippen molar-refractivity contribution in [3.63, 3.8) is 0 Å². The van der Waals surface area contributed by atoms with Crippen molar-refractivity contribution in [2.75, 3.05) is 42.6 Å². The Labute approximate surface area is 281 Å². The van der Waals surface area contributed by atoms with Crippen LogP contribution in [0.25, 0.3) is 0 Å². The summed E-state index contributed by atoms with van der Waals surface area (Å²) in [4.78, 5) is 49.2. The van der Waals surface area contributed by atoms with Gasteiger partial charge in [-0.25, -0.2) is 0 Å². The monoisotopic (exact) mass is 665 g/mol. The molecule has 10 heteroatoms. The Bertz CT molecular complexity index is 1450. The van der Waals surface area contributed by atoms with E-state index >= 15 is 0 Å². The van der Waals surface area contributed by atoms with E-state index in [4.69, 9.17) is 16.3 Å². The van der Waals surface area contributed by atoms with Gasteiger partial charge in [0.05, 0.1) is 33.9 Å². The Kier molecular flexibility index (Phi) is 10.9. The van der Waals surface area contributed by atoms with Crippen LogP contribution in [-0.4, -0.2) is 76.6 Å². The van der Waals surface area contributed by atoms with E-state index in [2.05, 4.69) is 20.1 Å². The summed E-state index contributed by atoms with van der Waals surface area (Å²) in [7, 11) is 0. The lowest BCUT2D eigenvalue weighted by molar-refractivity contribution is -0.139. The molecule has 3 heterocycles. The number of fused-ring (bicyclic) bond motifs is 1. The summed E-state index contributed by atoms with van der Waals surface area (Å²) in [6.07, 6.45) is 6.06. The third-order valence-electron chi connectivity index (χ3n) is 9.58. The Balaban J connectivity index is 1.56. The second-order valence-electron chi connectivity index (χ2n) is 12.2. The fraction of sp³-hybridized carbons (Fsp3) is 0.472. The smallest absolute Gasteiger partial charge is 0.251 e. The molecule has 3 aliphatic heterocycles. The van der Waals surface area contributed by atoms with Crippen LogP contribution in [0.15, 0.2) is 73.8 Å². The van der Waals surface area contributed by atoms with Gasteiger partial charge in [0.25, 0.3) is 5.91 Å². The number of likely N-dealkylation sites (tertiary alicyclic amines) is 1. The highest BCUT2D eigenvalue weighted by Crippen LogP contribution is 2.69. The van der Waals surface area contributed by atoms with E-state index < -0.39 is 22.6 Å². The van der Waals surface area contributed by atoms with E-state index in [1.165, 1.54) is 0 Å². The Morgan fingerprint density at radius 1 is 1.07 bits per heavy atom. The SMILES string of the molecule is C=CCN(C(=O)[C@@H]1[C@H]2C(=O)N(CCCCCO)C(C(=O)N(CC=C)c3ccccc3Cl)C23S[C@@H]1CC3C)c1ccc(OCC)cc1. The molecule has 0 radical (unpaired) electrons. The zero-order chi connectivity index (χ0) is 33.0. The second kappa shape index (κ2) is 14.7. The van der Waals surface area contributed by atoms with Gasteiger partial charge in [0.15, 0.2) is 0 Å². The highest BCUT2D eigenvalue weighted by molar-refractivity contribution is 8.02. The molecule has 2 aromatic carbocycles. The third-order valence-corrected chi connectivity index (χ3v) is 12.0. The topological polar surface area (TPSA) is 90.4 Å². The first-order valence-corrected chi connectivity index (χ1v) is 17.4. The van der Waals surface area contributed by atoms with E-state index in [0.29, 0.717) is 48.1 Å². The molecule has 2 aromatic rings. The van der Waals surface area contributed by atoms with Crippen molar-refractivity contribution in [2.24, 2.45) is 17.8 Å². The lowest BCUT2D eigenvalue weighted by atomic mass is 9.65.